The second kappa shape index (κ2) is 9.17. The summed E-state index contributed by atoms with van der Waals surface area (Å²) in [6, 6.07) is 12.7. The number of methoxy groups -OCH3 is 2. The summed E-state index contributed by atoms with van der Waals surface area (Å²) in [5.41, 5.74) is 2.05. The highest BCUT2D eigenvalue weighted by Crippen LogP contribution is 2.29. The number of ether oxygens (including phenoxy) is 2. The molecule has 32 heavy (non-hydrogen) atoms. The van der Waals surface area contributed by atoms with Gasteiger partial charge in [-0.2, -0.15) is 0 Å². The first-order valence-corrected chi connectivity index (χ1v) is 10.6. The molecule has 1 N–H and O–H groups in total. The number of carbonyl (C=O) groups is 1. The van der Waals surface area contributed by atoms with Gasteiger partial charge in [-0.15, -0.1) is 0 Å². The van der Waals surface area contributed by atoms with Gasteiger partial charge in [0.2, 0.25) is 0 Å². The average molecular weight is 438 g/mol. The van der Waals surface area contributed by atoms with Crippen LogP contribution in [0.15, 0.2) is 47.3 Å². The SMILES string of the molecule is CCn1c(=O)c(N2CCN(C(=O)Nc3cc(OC)ccc3OC)CC2)nc2ccccc21. The molecule has 4 rings (SSSR count). The summed E-state index contributed by atoms with van der Waals surface area (Å²) >= 11 is 0. The maximum absolute atomic E-state index is 13.0. The molecule has 9 heteroatoms. The lowest BCUT2D eigenvalue weighted by molar-refractivity contribution is 0.208. The van der Waals surface area contributed by atoms with Gasteiger partial charge < -0.3 is 29.2 Å². The van der Waals surface area contributed by atoms with Crippen LogP contribution in [0.5, 0.6) is 11.5 Å². The quantitative estimate of drug-likeness (QED) is 0.660. The fraction of sp³-hybridized carbons (Fsp3) is 0.348. The highest BCUT2D eigenvalue weighted by atomic mass is 16.5. The van der Waals surface area contributed by atoms with Crippen molar-refractivity contribution in [3.05, 3.63) is 52.8 Å². The van der Waals surface area contributed by atoms with Crippen molar-refractivity contribution in [2.24, 2.45) is 0 Å². The first-order chi connectivity index (χ1) is 15.5. The lowest BCUT2D eigenvalue weighted by Crippen LogP contribution is -2.51. The van der Waals surface area contributed by atoms with Crippen LogP contribution in [0.2, 0.25) is 0 Å². The Hall–Kier alpha value is -3.75. The van der Waals surface area contributed by atoms with Gasteiger partial charge in [0, 0.05) is 38.8 Å². The zero-order valence-electron chi connectivity index (χ0n) is 18.5. The van der Waals surface area contributed by atoms with Crippen LogP contribution in [-0.4, -0.2) is 60.9 Å². The standard InChI is InChI=1S/C23H27N5O4/c1-4-28-19-8-6-5-7-17(19)24-21(22(28)29)26-11-13-27(14-12-26)23(30)25-18-15-16(31-2)9-10-20(18)32-3/h5-10,15H,4,11-14H2,1-3H3,(H,25,30). The summed E-state index contributed by atoms with van der Waals surface area (Å²) in [6.07, 6.45) is 0. The van der Waals surface area contributed by atoms with Gasteiger partial charge in [-0.25, -0.2) is 9.78 Å². The lowest BCUT2D eigenvalue weighted by Gasteiger charge is -2.35. The Morgan fingerprint density at radius 1 is 1.06 bits per heavy atom. The van der Waals surface area contributed by atoms with Gasteiger partial charge in [-0.05, 0) is 31.2 Å². The van der Waals surface area contributed by atoms with Crippen LogP contribution in [0, 0.1) is 0 Å². The van der Waals surface area contributed by atoms with Gasteiger partial charge in [0.15, 0.2) is 5.82 Å². The number of piperazine rings is 1. The molecule has 1 aromatic heterocycles. The predicted octanol–water partition coefficient (Wildman–Crippen LogP) is 2.79. The summed E-state index contributed by atoms with van der Waals surface area (Å²) in [5.74, 6) is 1.61. The summed E-state index contributed by atoms with van der Waals surface area (Å²) in [7, 11) is 3.12. The third-order valence-corrected chi connectivity index (χ3v) is 5.67. The smallest absolute Gasteiger partial charge is 0.322 e. The topological polar surface area (TPSA) is 88.9 Å². The maximum atomic E-state index is 13.0. The summed E-state index contributed by atoms with van der Waals surface area (Å²) in [4.78, 5) is 34.2. The van der Waals surface area contributed by atoms with Crippen LogP contribution >= 0.6 is 0 Å². The second-order valence-corrected chi connectivity index (χ2v) is 7.44. The Bertz CT molecular complexity index is 1180. The normalized spacial score (nSPS) is 13.8. The van der Waals surface area contributed by atoms with Crippen LogP contribution in [-0.2, 0) is 6.54 Å². The molecule has 2 aromatic carbocycles. The molecule has 9 nitrogen and oxygen atoms in total. The number of aryl methyl sites for hydroxylation is 1. The summed E-state index contributed by atoms with van der Waals surface area (Å²) in [6.45, 7) is 4.50. The molecule has 1 aliphatic heterocycles. The number of fused-ring (bicyclic) bond motifs is 1. The van der Waals surface area contributed by atoms with E-state index in [9.17, 15) is 9.59 Å². The number of rotatable bonds is 5. The molecule has 0 aliphatic carbocycles. The zero-order chi connectivity index (χ0) is 22.7. The maximum Gasteiger partial charge on any atom is 0.322 e. The predicted molar refractivity (Wildman–Crippen MR) is 124 cm³/mol. The van der Waals surface area contributed by atoms with E-state index >= 15 is 0 Å². The molecule has 3 aromatic rings. The molecule has 0 unspecified atom stereocenters. The third kappa shape index (κ3) is 4.05. The minimum Gasteiger partial charge on any atom is -0.497 e. The van der Waals surface area contributed by atoms with Crippen molar-refractivity contribution in [1.29, 1.82) is 0 Å². The Balaban J connectivity index is 1.49. The number of amides is 2. The number of para-hydroxylation sites is 2. The molecule has 0 bridgehead atoms. The van der Waals surface area contributed by atoms with Gasteiger partial charge in [0.05, 0.1) is 30.9 Å². The van der Waals surface area contributed by atoms with Crippen molar-refractivity contribution in [2.75, 3.05) is 50.6 Å². The van der Waals surface area contributed by atoms with Crippen molar-refractivity contribution >= 4 is 28.6 Å². The van der Waals surface area contributed by atoms with Gasteiger partial charge >= 0.3 is 6.03 Å². The zero-order valence-corrected chi connectivity index (χ0v) is 18.5. The van der Waals surface area contributed by atoms with E-state index in [-0.39, 0.29) is 11.6 Å². The number of anilines is 2. The van der Waals surface area contributed by atoms with Crippen LogP contribution in [0.1, 0.15) is 6.92 Å². The number of hydrogen-bond acceptors (Lipinski definition) is 6. The van der Waals surface area contributed by atoms with E-state index in [4.69, 9.17) is 9.47 Å². The lowest BCUT2D eigenvalue weighted by atomic mass is 10.2. The number of carbonyl (C=O) groups excluding carboxylic acids is 1. The molecular formula is C23H27N5O4. The van der Waals surface area contributed by atoms with Crippen molar-refractivity contribution in [3.8, 4) is 11.5 Å². The molecule has 0 spiro atoms. The fourth-order valence-electron chi connectivity index (χ4n) is 3.93. The second-order valence-electron chi connectivity index (χ2n) is 7.44. The van der Waals surface area contributed by atoms with Gasteiger partial charge in [0.1, 0.15) is 11.5 Å². The van der Waals surface area contributed by atoms with Crippen LogP contribution in [0.4, 0.5) is 16.3 Å². The van der Waals surface area contributed by atoms with E-state index in [1.165, 1.54) is 0 Å². The molecule has 0 atom stereocenters. The van der Waals surface area contributed by atoms with Crippen molar-refractivity contribution in [3.63, 3.8) is 0 Å². The first kappa shape index (κ1) is 21.5. The highest BCUT2D eigenvalue weighted by Gasteiger charge is 2.25. The van der Waals surface area contributed by atoms with Crippen LogP contribution in [0.25, 0.3) is 11.0 Å². The monoisotopic (exact) mass is 437 g/mol. The largest absolute Gasteiger partial charge is 0.497 e. The van der Waals surface area contributed by atoms with Crippen LogP contribution in [0.3, 0.4) is 0 Å². The van der Waals surface area contributed by atoms with Gasteiger partial charge in [-0.1, -0.05) is 12.1 Å². The van der Waals surface area contributed by atoms with Crippen molar-refractivity contribution in [1.82, 2.24) is 14.5 Å². The van der Waals surface area contributed by atoms with Crippen LogP contribution < -0.4 is 25.2 Å². The molecule has 0 radical (unpaired) electrons. The Morgan fingerprint density at radius 2 is 1.81 bits per heavy atom. The van der Waals surface area contributed by atoms with E-state index < -0.39 is 0 Å². The fourth-order valence-corrected chi connectivity index (χ4v) is 3.93. The Labute approximate surface area is 186 Å². The number of nitrogens with zero attached hydrogens (tertiary/aromatic N) is 4. The minimum atomic E-state index is -0.228. The number of hydrogen-bond donors (Lipinski definition) is 1. The van der Waals surface area contributed by atoms with E-state index in [1.807, 2.05) is 36.1 Å². The molecule has 2 amide bonds. The van der Waals surface area contributed by atoms with E-state index in [1.54, 1.807) is 41.9 Å². The third-order valence-electron chi connectivity index (χ3n) is 5.67. The molecule has 168 valence electrons. The number of aromatic nitrogens is 2. The Morgan fingerprint density at radius 3 is 2.50 bits per heavy atom. The van der Waals surface area contributed by atoms with Gasteiger partial charge in [0.25, 0.3) is 5.56 Å². The highest BCUT2D eigenvalue weighted by molar-refractivity contribution is 5.91. The number of benzene rings is 2. The summed E-state index contributed by atoms with van der Waals surface area (Å²) < 4.78 is 12.3. The molecule has 1 fully saturated rings. The van der Waals surface area contributed by atoms with E-state index in [0.717, 1.165) is 11.0 Å². The van der Waals surface area contributed by atoms with Gasteiger partial charge in [-0.3, -0.25) is 4.79 Å². The van der Waals surface area contributed by atoms with Crippen molar-refractivity contribution in [2.45, 2.75) is 13.5 Å². The number of nitrogens with one attached hydrogen (secondary N) is 1. The molecule has 1 saturated heterocycles. The molecular weight excluding hydrogens is 410 g/mol. The minimum absolute atomic E-state index is 0.106. The van der Waals surface area contributed by atoms with E-state index in [2.05, 4.69) is 10.3 Å². The molecule has 2 heterocycles. The number of urea groups is 1. The average Bonchev–Trinajstić information content (AvgIpc) is 2.83. The summed E-state index contributed by atoms with van der Waals surface area (Å²) in [5, 5.41) is 2.90. The Kier molecular flexibility index (Phi) is 6.16. The first-order valence-electron chi connectivity index (χ1n) is 10.6. The molecule has 1 aliphatic rings. The van der Waals surface area contributed by atoms with E-state index in [0.29, 0.717) is 55.7 Å². The molecule has 0 saturated carbocycles. The van der Waals surface area contributed by atoms with Crippen molar-refractivity contribution < 1.29 is 14.3 Å².